The molecule has 2 N–H and O–H groups in total. The van der Waals surface area contributed by atoms with Crippen LogP contribution in [-0.2, 0) is 0 Å². The Hall–Kier alpha value is -8.58. The molecule has 0 fully saturated rings. The summed E-state index contributed by atoms with van der Waals surface area (Å²) >= 11 is 0. The number of phenols is 2. The van der Waals surface area contributed by atoms with Gasteiger partial charge in [-0.2, -0.15) is 0 Å². The number of pyridine rings is 2. The Morgan fingerprint density at radius 1 is 0.438 bits per heavy atom. The van der Waals surface area contributed by atoms with Crippen LogP contribution in [0.1, 0.15) is 57.3 Å². The monoisotopic (exact) mass is 1070 g/mol. The van der Waals surface area contributed by atoms with E-state index in [-0.39, 0.29) is 22.7 Å². The lowest BCUT2D eigenvalue weighted by Gasteiger charge is -2.16. The Morgan fingerprint density at radius 3 is 1.29 bits per heavy atom. The Bertz CT molecular complexity index is 4610. The molecule has 12 heteroatoms. The smallest absolute Gasteiger partial charge is 0.361 e. The van der Waals surface area contributed by atoms with Crippen molar-refractivity contribution in [3.05, 3.63) is 175 Å². The molecule has 12 aromatic rings. The molecule has 6 aromatic carbocycles. The van der Waals surface area contributed by atoms with Gasteiger partial charge >= 0.3 is 11.3 Å². The van der Waals surface area contributed by atoms with Crippen molar-refractivity contribution in [1.29, 1.82) is 0 Å². The van der Waals surface area contributed by atoms with E-state index in [0.717, 1.165) is 103 Å². The zero-order valence-electron chi connectivity index (χ0n) is 47.8. The Morgan fingerprint density at radius 2 is 0.838 bits per heavy atom. The van der Waals surface area contributed by atoms with E-state index >= 15 is 0 Å². The van der Waals surface area contributed by atoms with Crippen molar-refractivity contribution in [2.75, 3.05) is 54.5 Å². The number of ether oxygens (including phenoxy) is 2. The summed E-state index contributed by atoms with van der Waals surface area (Å²) in [6, 6.07) is 32.3. The van der Waals surface area contributed by atoms with E-state index in [4.69, 9.17) is 18.3 Å². The quantitative estimate of drug-likeness (QED) is 0.0692. The molecule has 6 aromatic heterocycles. The normalized spacial score (nSPS) is 12.0. The molecule has 408 valence electrons. The molecule has 12 rings (SSSR count). The van der Waals surface area contributed by atoms with Gasteiger partial charge in [0.15, 0.2) is 23.0 Å². The summed E-state index contributed by atoms with van der Waals surface area (Å²) in [6.45, 7) is 19.8. The molecule has 12 nitrogen and oxygen atoms in total. The van der Waals surface area contributed by atoms with Crippen LogP contribution < -0.4 is 20.7 Å². The number of phenolic OH excluding ortho intramolecular Hbond substituents is 2. The van der Waals surface area contributed by atoms with Crippen LogP contribution in [0.5, 0.6) is 23.0 Å². The van der Waals surface area contributed by atoms with Gasteiger partial charge in [-0.1, -0.05) is 48.5 Å². The highest BCUT2D eigenvalue weighted by Gasteiger charge is 2.26. The van der Waals surface area contributed by atoms with Crippen molar-refractivity contribution in [2.24, 2.45) is 0 Å². The summed E-state index contributed by atoms with van der Waals surface area (Å²) in [5, 5.41) is 27.7. The summed E-state index contributed by atoms with van der Waals surface area (Å²) in [7, 11) is 8.23. The molecular formula is C68H68N4O8. The first kappa shape index (κ1) is 53.4. The molecule has 0 bridgehead atoms. The summed E-state index contributed by atoms with van der Waals surface area (Å²) < 4.78 is 28.3. The van der Waals surface area contributed by atoms with Gasteiger partial charge in [0.25, 0.3) is 0 Å². The second-order valence-electron chi connectivity index (χ2n) is 22.3. The second kappa shape index (κ2) is 20.9. The molecule has 0 amide bonds. The van der Waals surface area contributed by atoms with Crippen LogP contribution in [0.3, 0.4) is 0 Å². The van der Waals surface area contributed by atoms with Crippen LogP contribution in [-0.4, -0.2) is 83.3 Å². The molecule has 0 radical (unpaired) electrons. The fourth-order valence-corrected chi connectivity index (χ4v) is 11.3. The standard InChI is InChI=1S/C39H45N3O4.C29H23NO4/c1-24-11-12-29(20-25(24)2)35-36-31-22-33(44-17-9-14-40(5)6)34(45-18-10-15-41(7)8)23-32(31)46-39(43)38(36)42-16-13-28-19-26(3)27(4)21-30(28)37(35)42;1-14-5-6-19(10-15(14)2)25-26-21-12-22(31)23(32)13-24(21)34-29(33)28(26)30-8-7-18-9-16(3)17(4)11-20(18)27(25)30/h11-13,16,19-23H,9-10,14-15,17-18H2,1-8H3;5-13,31-32H,1-4H3. The number of nitrogens with zero attached hydrogens (tertiary/aromatic N) is 4. The number of rotatable bonds is 12. The highest BCUT2D eigenvalue weighted by Crippen LogP contribution is 2.46. The average molecular weight is 1070 g/mol. The molecule has 0 unspecified atom stereocenters. The molecule has 0 aliphatic carbocycles. The molecule has 0 atom stereocenters. The maximum atomic E-state index is 14.0. The zero-order valence-corrected chi connectivity index (χ0v) is 47.8. The first-order chi connectivity index (χ1) is 38.3. The highest BCUT2D eigenvalue weighted by molar-refractivity contribution is 6.23. The van der Waals surface area contributed by atoms with Crippen LogP contribution >= 0.6 is 0 Å². The fraction of sp³-hybridized carbons (Fsp3) is 0.265. The third-order valence-corrected chi connectivity index (χ3v) is 16.1. The molecule has 0 aliphatic rings. The van der Waals surface area contributed by atoms with Gasteiger partial charge in [0.1, 0.15) is 22.2 Å². The summed E-state index contributed by atoms with van der Waals surface area (Å²) in [6.07, 6.45) is 5.65. The minimum atomic E-state index is -0.499. The van der Waals surface area contributed by atoms with Crippen molar-refractivity contribution in [3.63, 3.8) is 0 Å². The molecule has 80 heavy (non-hydrogen) atoms. The van der Waals surface area contributed by atoms with Gasteiger partial charge in [0.2, 0.25) is 0 Å². The van der Waals surface area contributed by atoms with Crippen molar-refractivity contribution in [1.82, 2.24) is 18.6 Å². The number of aromatic hydroxyl groups is 2. The van der Waals surface area contributed by atoms with Crippen LogP contribution in [0.2, 0.25) is 0 Å². The van der Waals surface area contributed by atoms with Crippen LogP contribution in [0.4, 0.5) is 0 Å². The maximum absolute atomic E-state index is 14.0. The van der Waals surface area contributed by atoms with E-state index in [1.165, 1.54) is 45.5 Å². The Labute approximate surface area is 464 Å². The van der Waals surface area contributed by atoms with E-state index in [1.54, 1.807) is 0 Å². The molecule has 0 aliphatic heterocycles. The molecule has 0 saturated carbocycles. The number of hydrogen-bond donors (Lipinski definition) is 2. The average Bonchev–Trinajstić information content (AvgIpc) is 4.20. The van der Waals surface area contributed by atoms with Crippen LogP contribution in [0.15, 0.2) is 128 Å². The van der Waals surface area contributed by atoms with Crippen molar-refractivity contribution < 1.29 is 28.5 Å². The van der Waals surface area contributed by atoms with Crippen LogP contribution in [0, 0.1) is 55.4 Å². The lowest BCUT2D eigenvalue weighted by molar-refractivity contribution is 0.244. The number of aryl methyl sites for hydroxylation is 8. The van der Waals surface area contributed by atoms with Gasteiger partial charge in [-0.15, -0.1) is 0 Å². The third kappa shape index (κ3) is 9.45. The SMILES string of the molecule is Cc1ccc(-c2c3c4cc(O)c(O)cc4oc(=O)c3n3ccc4cc(C)c(C)cc4c23)cc1C.Cc1ccc(-c2c3c4cc(OCCCN(C)C)c(OCCCN(C)C)cc4oc(=O)c3n3ccc4cc(C)c(C)cc4c23)cc1C. The van der Waals surface area contributed by atoms with Gasteiger partial charge in [-0.05, 0) is 199 Å². The van der Waals surface area contributed by atoms with Gasteiger partial charge in [-0.25, -0.2) is 9.59 Å². The van der Waals surface area contributed by atoms with E-state index in [9.17, 15) is 19.8 Å². The van der Waals surface area contributed by atoms with Gasteiger partial charge in [0, 0.05) is 81.1 Å². The predicted octanol–water partition coefficient (Wildman–Crippen LogP) is 14.6. The first-order valence-electron chi connectivity index (χ1n) is 27.3. The zero-order chi connectivity index (χ0) is 56.6. The summed E-state index contributed by atoms with van der Waals surface area (Å²) in [5.41, 5.74) is 16.2. The number of aromatic nitrogens is 2. The minimum absolute atomic E-state index is 0.227. The lowest BCUT2D eigenvalue weighted by Crippen LogP contribution is -2.16. The Kier molecular flexibility index (Phi) is 14.0. The highest BCUT2D eigenvalue weighted by atomic mass is 16.5. The van der Waals surface area contributed by atoms with E-state index in [1.807, 2.05) is 39.4 Å². The van der Waals surface area contributed by atoms with Gasteiger partial charge in [-0.3, -0.25) is 0 Å². The van der Waals surface area contributed by atoms with Crippen LogP contribution in [0.25, 0.3) is 98.6 Å². The molecule has 6 heterocycles. The largest absolute Gasteiger partial charge is 0.504 e. The Balaban J connectivity index is 0.000000176. The van der Waals surface area contributed by atoms with Crippen molar-refractivity contribution in [3.8, 4) is 45.3 Å². The van der Waals surface area contributed by atoms with E-state index < -0.39 is 5.63 Å². The first-order valence-corrected chi connectivity index (χ1v) is 27.3. The predicted molar refractivity (Wildman–Crippen MR) is 326 cm³/mol. The molecule has 0 spiro atoms. The molecular weight excluding hydrogens is 1000 g/mol. The maximum Gasteiger partial charge on any atom is 0.361 e. The minimum Gasteiger partial charge on any atom is -0.504 e. The van der Waals surface area contributed by atoms with E-state index in [2.05, 4.69) is 160 Å². The third-order valence-electron chi connectivity index (χ3n) is 16.1. The van der Waals surface area contributed by atoms with Crippen molar-refractivity contribution >= 4 is 76.3 Å². The van der Waals surface area contributed by atoms with Gasteiger partial charge in [0.05, 0.1) is 24.2 Å². The summed E-state index contributed by atoms with van der Waals surface area (Å²) in [4.78, 5) is 31.5. The topological polar surface area (TPSA) is 135 Å². The second-order valence-corrected chi connectivity index (χ2v) is 22.3. The molecule has 0 saturated heterocycles. The van der Waals surface area contributed by atoms with Gasteiger partial charge < -0.3 is 47.1 Å². The number of benzene rings is 6. The lowest BCUT2D eigenvalue weighted by atomic mass is 9.95. The number of fused-ring (bicyclic) bond motifs is 14. The number of hydrogen-bond acceptors (Lipinski definition) is 10. The fourth-order valence-electron chi connectivity index (χ4n) is 11.3. The van der Waals surface area contributed by atoms with E-state index in [0.29, 0.717) is 52.1 Å². The van der Waals surface area contributed by atoms with Crippen molar-refractivity contribution in [2.45, 2.75) is 68.2 Å². The summed E-state index contributed by atoms with van der Waals surface area (Å²) in [5.74, 6) is 0.652.